The van der Waals surface area contributed by atoms with Crippen LogP contribution in [0.3, 0.4) is 0 Å². The molecule has 98 valence electrons. The molecule has 1 saturated carbocycles. The third-order valence-corrected chi connectivity index (χ3v) is 4.06. The zero-order chi connectivity index (χ0) is 13.0. The van der Waals surface area contributed by atoms with Gasteiger partial charge in [0.2, 0.25) is 0 Å². The summed E-state index contributed by atoms with van der Waals surface area (Å²) >= 11 is 0. The van der Waals surface area contributed by atoms with Gasteiger partial charge in [0.1, 0.15) is 0 Å². The number of aliphatic carboxylic acids is 1. The lowest BCUT2D eigenvalue weighted by atomic mass is 9.98. The third-order valence-electron chi connectivity index (χ3n) is 4.06. The van der Waals surface area contributed by atoms with Crippen LogP contribution in [0.1, 0.15) is 37.7 Å². The first-order chi connectivity index (χ1) is 8.67. The molecular weight excluding hydrogens is 226 g/mol. The van der Waals surface area contributed by atoms with E-state index in [2.05, 4.69) is 12.2 Å². The summed E-state index contributed by atoms with van der Waals surface area (Å²) in [7, 11) is 0. The van der Waals surface area contributed by atoms with Crippen LogP contribution in [0, 0.1) is 5.41 Å². The van der Waals surface area contributed by atoms with Crippen LogP contribution in [-0.2, 0) is 4.79 Å². The Balaban J connectivity index is 1.90. The minimum absolute atomic E-state index is 0.446. The highest BCUT2D eigenvalue weighted by atomic mass is 16.4. The highest BCUT2D eigenvalue weighted by molar-refractivity contribution is 5.76. The smallest absolute Gasteiger partial charge is 0.312 e. The molecule has 1 atom stereocenters. The number of hydrogen-bond donors (Lipinski definition) is 2. The third kappa shape index (κ3) is 3.10. The van der Waals surface area contributed by atoms with E-state index in [0.717, 1.165) is 12.1 Å². The first kappa shape index (κ1) is 13.1. The molecule has 1 unspecified atom stereocenters. The minimum Gasteiger partial charge on any atom is -0.481 e. The van der Waals surface area contributed by atoms with Crippen LogP contribution in [0.25, 0.3) is 0 Å². The van der Waals surface area contributed by atoms with Crippen LogP contribution in [0.5, 0.6) is 0 Å². The van der Waals surface area contributed by atoms with Crippen LogP contribution in [0.2, 0.25) is 0 Å². The first-order valence-electron chi connectivity index (χ1n) is 6.65. The van der Waals surface area contributed by atoms with Gasteiger partial charge in [-0.05, 0) is 30.2 Å². The summed E-state index contributed by atoms with van der Waals surface area (Å²) in [6.45, 7) is 3.67. The van der Waals surface area contributed by atoms with E-state index in [1.165, 1.54) is 19.3 Å². The van der Waals surface area contributed by atoms with Gasteiger partial charge in [-0.15, -0.1) is 0 Å². The van der Waals surface area contributed by atoms with Crippen LogP contribution < -0.4 is 5.32 Å². The second-order valence-corrected chi connectivity index (χ2v) is 5.29. The fourth-order valence-electron chi connectivity index (χ4n) is 2.35. The Labute approximate surface area is 108 Å². The second-order valence-electron chi connectivity index (χ2n) is 5.29. The largest absolute Gasteiger partial charge is 0.481 e. The van der Waals surface area contributed by atoms with Crippen molar-refractivity contribution < 1.29 is 9.90 Å². The molecular formula is C15H21NO2. The van der Waals surface area contributed by atoms with Gasteiger partial charge < -0.3 is 10.4 Å². The fourth-order valence-corrected chi connectivity index (χ4v) is 2.35. The van der Waals surface area contributed by atoms with E-state index in [0.29, 0.717) is 12.0 Å². The lowest BCUT2D eigenvalue weighted by Gasteiger charge is -2.17. The maximum atomic E-state index is 11.3. The van der Waals surface area contributed by atoms with Gasteiger partial charge in [0.25, 0.3) is 0 Å². The monoisotopic (exact) mass is 247 g/mol. The molecule has 1 aromatic carbocycles. The number of carboxylic acids is 1. The molecule has 0 aliphatic heterocycles. The number of nitrogens with one attached hydrogen (secondary N) is 1. The fraction of sp³-hybridized carbons (Fsp3) is 0.533. The minimum atomic E-state index is -0.755. The van der Waals surface area contributed by atoms with Gasteiger partial charge in [0.05, 0.1) is 5.92 Å². The molecule has 0 aromatic heterocycles. The van der Waals surface area contributed by atoms with Gasteiger partial charge in [0.15, 0.2) is 0 Å². The van der Waals surface area contributed by atoms with Gasteiger partial charge >= 0.3 is 5.97 Å². The highest BCUT2D eigenvalue weighted by Gasteiger charge is 2.40. The summed E-state index contributed by atoms with van der Waals surface area (Å²) in [5.74, 6) is -1.20. The zero-order valence-electron chi connectivity index (χ0n) is 10.9. The van der Waals surface area contributed by atoms with Crippen LogP contribution in [0.15, 0.2) is 30.3 Å². The number of benzene rings is 1. The summed E-state index contributed by atoms with van der Waals surface area (Å²) in [5, 5.41) is 12.6. The van der Waals surface area contributed by atoms with Crippen molar-refractivity contribution in [1.29, 1.82) is 0 Å². The van der Waals surface area contributed by atoms with Crippen molar-refractivity contribution in [3.8, 4) is 0 Å². The number of rotatable bonds is 7. The Hall–Kier alpha value is -1.35. The van der Waals surface area contributed by atoms with Crippen LogP contribution in [0.4, 0.5) is 0 Å². The normalized spacial score (nSPS) is 18.3. The first-order valence-corrected chi connectivity index (χ1v) is 6.65. The van der Waals surface area contributed by atoms with Crippen molar-refractivity contribution in [3.05, 3.63) is 35.9 Å². The average molecular weight is 247 g/mol. The van der Waals surface area contributed by atoms with Gasteiger partial charge in [-0.2, -0.15) is 0 Å². The molecule has 1 fully saturated rings. The van der Waals surface area contributed by atoms with Crippen molar-refractivity contribution in [2.45, 2.75) is 32.1 Å². The van der Waals surface area contributed by atoms with E-state index in [1.807, 2.05) is 30.3 Å². The molecule has 1 aromatic rings. The molecule has 0 heterocycles. The van der Waals surface area contributed by atoms with Crippen LogP contribution in [-0.4, -0.2) is 24.2 Å². The summed E-state index contributed by atoms with van der Waals surface area (Å²) in [6, 6.07) is 9.45. The molecule has 0 radical (unpaired) electrons. The molecule has 18 heavy (non-hydrogen) atoms. The summed E-state index contributed by atoms with van der Waals surface area (Å²) in [6.07, 6.45) is 3.74. The van der Waals surface area contributed by atoms with E-state index in [1.54, 1.807) is 0 Å². The van der Waals surface area contributed by atoms with Gasteiger partial charge in [-0.1, -0.05) is 37.3 Å². The highest BCUT2D eigenvalue weighted by Crippen LogP contribution is 2.47. The van der Waals surface area contributed by atoms with Crippen molar-refractivity contribution in [2.24, 2.45) is 5.41 Å². The van der Waals surface area contributed by atoms with Gasteiger partial charge in [0, 0.05) is 13.1 Å². The van der Waals surface area contributed by atoms with E-state index in [-0.39, 0.29) is 0 Å². The Morgan fingerprint density at radius 1 is 1.39 bits per heavy atom. The quantitative estimate of drug-likeness (QED) is 0.778. The van der Waals surface area contributed by atoms with Crippen molar-refractivity contribution in [1.82, 2.24) is 5.32 Å². The number of hydrogen-bond acceptors (Lipinski definition) is 2. The van der Waals surface area contributed by atoms with E-state index < -0.39 is 11.9 Å². The predicted molar refractivity (Wildman–Crippen MR) is 71.6 cm³/mol. The van der Waals surface area contributed by atoms with E-state index >= 15 is 0 Å². The lowest BCUT2D eigenvalue weighted by Crippen LogP contribution is -2.31. The molecule has 0 amide bonds. The Morgan fingerprint density at radius 3 is 2.56 bits per heavy atom. The molecule has 0 spiro atoms. The molecule has 1 aliphatic rings. The maximum Gasteiger partial charge on any atom is 0.312 e. The maximum absolute atomic E-state index is 11.3. The topological polar surface area (TPSA) is 49.3 Å². The van der Waals surface area contributed by atoms with Gasteiger partial charge in [-0.3, -0.25) is 4.79 Å². The molecule has 3 heteroatoms. The van der Waals surface area contributed by atoms with Crippen molar-refractivity contribution in [2.75, 3.05) is 13.1 Å². The number of carbonyl (C=O) groups is 1. The Kier molecular flexibility index (Phi) is 4.02. The van der Waals surface area contributed by atoms with Crippen LogP contribution >= 0.6 is 0 Å². The van der Waals surface area contributed by atoms with E-state index in [4.69, 9.17) is 0 Å². The Bertz CT molecular complexity index is 398. The summed E-state index contributed by atoms with van der Waals surface area (Å²) < 4.78 is 0. The molecule has 0 bridgehead atoms. The van der Waals surface area contributed by atoms with E-state index in [9.17, 15) is 9.90 Å². The van der Waals surface area contributed by atoms with Crippen molar-refractivity contribution in [3.63, 3.8) is 0 Å². The lowest BCUT2D eigenvalue weighted by molar-refractivity contribution is -0.138. The molecule has 1 aliphatic carbocycles. The molecule has 2 rings (SSSR count). The SMILES string of the molecule is CCC1(CNCC(C(=O)O)c2ccccc2)CC1. The molecule has 2 N–H and O–H groups in total. The molecule has 3 nitrogen and oxygen atoms in total. The second kappa shape index (κ2) is 5.53. The molecule has 0 saturated heterocycles. The summed E-state index contributed by atoms with van der Waals surface area (Å²) in [4.78, 5) is 11.3. The number of carboxylic acid groups (broad SMARTS) is 1. The Morgan fingerprint density at radius 2 is 2.06 bits per heavy atom. The standard InChI is InChI=1S/C15H21NO2/c1-2-15(8-9-15)11-16-10-13(14(17)18)12-6-4-3-5-7-12/h3-7,13,16H,2,8-11H2,1H3,(H,17,18). The predicted octanol–water partition coefficient (Wildman–Crippen LogP) is 2.63. The average Bonchev–Trinajstić information content (AvgIpc) is 3.16. The van der Waals surface area contributed by atoms with Crippen molar-refractivity contribution >= 4 is 5.97 Å². The summed E-state index contributed by atoms with van der Waals surface area (Å²) in [5.41, 5.74) is 1.33. The zero-order valence-corrected chi connectivity index (χ0v) is 10.9. The van der Waals surface area contributed by atoms with Gasteiger partial charge in [-0.25, -0.2) is 0 Å².